The molecule has 94 valence electrons. The van der Waals surface area contributed by atoms with Crippen molar-refractivity contribution in [3.05, 3.63) is 30.1 Å². The van der Waals surface area contributed by atoms with E-state index in [4.69, 9.17) is 0 Å². The first-order valence-electron chi connectivity index (χ1n) is 6.24. The summed E-state index contributed by atoms with van der Waals surface area (Å²) in [5, 5.41) is 3.46. The largest absolute Gasteiger partial charge is 0.314 e. The minimum atomic E-state index is 0.621. The summed E-state index contributed by atoms with van der Waals surface area (Å²) >= 11 is 0. The average Bonchev–Trinajstić information content (AvgIpc) is 2.33. The zero-order chi connectivity index (χ0) is 12.1. The third kappa shape index (κ3) is 3.77. The minimum Gasteiger partial charge on any atom is -0.314 e. The van der Waals surface area contributed by atoms with E-state index in [1.54, 1.807) is 0 Å². The molecule has 1 saturated heterocycles. The lowest BCUT2D eigenvalue weighted by molar-refractivity contribution is 0.150. The average molecular weight is 234 g/mol. The molecule has 0 spiro atoms. The maximum absolute atomic E-state index is 4.04. The van der Waals surface area contributed by atoms with Gasteiger partial charge in [-0.05, 0) is 31.8 Å². The number of pyridine rings is 1. The molecule has 0 saturated carbocycles. The highest BCUT2D eigenvalue weighted by Crippen LogP contribution is 2.05. The summed E-state index contributed by atoms with van der Waals surface area (Å²) in [5.41, 5.74) is 1.33. The van der Waals surface area contributed by atoms with Crippen molar-refractivity contribution in [3.63, 3.8) is 0 Å². The SMILES string of the molecule is CN(Cc1ccncc1)CC1CNCCN1C. The van der Waals surface area contributed by atoms with Crippen LogP contribution in [-0.4, -0.2) is 61.1 Å². The Bertz CT molecular complexity index is 327. The molecule has 0 radical (unpaired) electrons. The molecule has 1 aliphatic heterocycles. The fourth-order valence-electron chi connectivity index (χ4n) is 2.29. The van der Waals surface area contributed by atoms with Gasteiger partial charge in [0.05, 0.1) is 0 Å². The zero-order valence-corrected chi connectivity index (χ0v) is 10.8. The van der Waals surface area contributed by atoms with Crippen molar-refractivity contribution in [1.29, 1.82) is 0 Å². The Balaban J connectivity index is 1.82. The Hall–Kier alpha value is -0.970. The van der Waals surface area contributed by atoms with Gasteiger partial charge < -0.3 is 10.2 Å². The van der Waals surface area contributed by atoms with Crippen molar-refractivity contribution >= 4 is 0 Å². The van der Waals surface area contributed by atoms with Crippen molar-refractivity contribution in [1.82, 2.24) is 20.1 Å². The summed E-state index contributed by atoms with van der Waals surface area (Å²) < 4.78 is 0. The topological polar surface area (TPSA) is 31.4 Å². The fraction of sp³-hybridized carbons (Fsp3) is 0.615. The second kappa shape index (κ2) is 6.10. The quantitative estimate of drug-likeness (QED) is 0.818. The monoisotopic (exact) mass is 234 g/mol. The second-order valence-corrected chi connectivity index (χ2v) is 4.89. The van der Waals surface area contributed by atoms with Gasteiger partial charge in [0.2, 0.25) is 0 Å². The molecule has 0 aliphatic carbocycles. The molecule has 17 heavy (non-hydrogen) atoms. The molecule has 1 aliphatic rings. The number of hydrogen-bond acceptors (Lipinski definition) is 4. The molecular formula is C13H22N4. The zero-order valence-electron chi connectivity index (χ0n) is 10.8. The van der Waals surface area contributed by atoms with Crippen LogP contribution < -0.4 is 5.32 Å². The Morgan fingerprint density at radius 1 is 1.47 bits per heavy atom. The first-order valence-corrected chi connectivity index (χ1v) is 6.24. The van der Waals surface area contributed by atoms with E-state index in [2.05, 4.69) is 46.3 Å². The van der Waals surface area contributed by atoms with E-state index in [1.807, 2.05) is 12.4 Å². The van der Waals surface area contributed by atoms with E-state index < -0.39 is 0 Å². The van der Waals surface area contributed by atoms with Crippen LogP contribution in [0.15, 0.2) is 24.5 Å². The Morgan fingerprint density at radius 3 is 2.94 bits per heavy atom. The second-order valence-electron chi connectivity index (χ2n) is 4.89. The van der Waals surface area contributed by atoms with Gasteiger partial charge in [-0.25, -0.2) is 0 Å². The molecule has 2 rings (SSSR count). The molecule has 0 bridgehead atoms. The highest BCUT2D eigenvalue weighted by Gasteiger charge is 2.19. The third-order valence-electron chi connectivity index (χ3n) is 3.37. The first kappa shape index (κ1) is 12.5. The number of nitrogens with one attached hydrogen (secondary N) is 1. The Morgan fingerprint density at radius 2 is 2.24 bits per heavy atom. The van der Waals surface area contributed by atoms with Crippen LogP contribution in [0.25, 0.3) is 0 Å². The van der Waals surface area contributed by atoms with Gasteiger partial charge in [-0.15, -0.1) is 0 Å². The molecule has 1 aromatic rings. The molecule has 4 heteroatoms. The van der Waals surface area contributed by atoms with Gasteiger partial charge in [-0.1, -0.05) is 0 Å². The minimum absolute atomic E-state index is 0.621. The Kier molecular flexibility index (Phi) is 4.48. The predicted molar refractivity (Wildman–Crippen MR) is 69.9 cm³/mol. The van der Waals surface area contributed by atoms with Crippen LogP contribution in [0.1, 0.15) is 5.56 Å². The molecule has 1 N–H and O–H groups in total. The number of nitrogens with zero attached hydrogens (tertiary/aromatic N) is 3. The standard InChI is InChI=1S/C13H22N4/c1-16(10-12-3-5-14-6-4-12)11-13-9-15-7-8-17(13)2/h3-6,13,15H,7-11H2,1-2H3. The van der Waals surface area contributed by atoms with Crippen LogP contribution in [0.3, 0.4) is 0 Å². The molecular weight excluding hydrogens is 212 g/mol. The third-order valence-corrected chi connectivity index (χ3v) is 3.37. The van der Waals surface area contributed by atoms with E-state index in [0.717, 1.165) is 32.7 Å². The van der Waals surface area contributed by atoms with Gasteiger partial charge in [0.15, 0.2) is 0 Å². The number of aromatic nitrogens is 1. The van der Waals surface area contributed by atoms with Crippen molar-refractivity contribution in [2.75, 3.05) is 40.3 Å². The van der Waals surface area contributed by atoms with Crippen LogP contribution in [0, 0.1) is 0 Å². The summed E-state index contributed by atoms with van der Waals surface area (Å²) in [4.78, 5) is 8.87. The molecule has 2 heterocycles. The van der Waals surface area contributed by atoms with Crippen molar-refractivity contribution < 1.29 is 0 Å². The Labute approximate surface area is 104 Å². The lowest BCUT2D eigenvalue weighted by Gasteiger charge is -2.35. The van der Waals surface area contributed by atoms with Crippen molar-refractivity contribution in [2.45, 2.75) is 12.6 Å². The van der Waals surface area contributed by atoms with E-state index in [-0.39, 0.29) is 0 Å². The van der Waals surface area contributed by atoms with E-state index in [1.165, 1.54) is 5.56 Å². The number of likely N-dealkylation sites (N-methyl/N-ethyl adjacent to an activating group) is 2. The molecule has 1 atom stereocenters. The van der Waals surface area contributed by atoms with Crippen LogP contribution in [0.5, 0.6) is 0 Å². The smallest absolute Gasteiger partial charge is 0.0345 e. The van der Waals surface area contributed by atoms with E-state index >= 15 is 0 Å². The number of piperazine rings is 1. The molecule has 4 nitrogen and oxygen atoms in total. The maximum atomic E-state index is 4.04. The summed E-state index contributed by atoms with van der Waals surface area (Å²) in [5.74, 6) is 0. The van der Waals surface area contributed by atoms with Gasteiger partial charge in [0, 0.05) is 51.2 Å². The van der Waals surface area contributed by atoms with Gasteiger partial charge in [-0.2, -0.15) is 0 Å². The fourth-order valence-corrected chi connectivity index (χ4v) is 2.29. The number of hydrogen-bond donors (Lipinski definition) is 1. The first-order chi connectivity index (χ1) is 8.25. The number of rotatable bonds is 4. The van der Waals surface area contributed by atoms with Crippen LogP contribution in [0.4, 0.5) is 0 Å². The van der Waals surface area contributed by atoms with Gasteiger partial charge in [-0.3, -0.25) is 9.88 Å². The van der Waals surface area contributed by atoms with Gasteiger partial charge in [0.1, 0.15) is 0 Å². The summed E-state index contributed by atoms with van der Waals surface area (Å²) in [6, 6.07) is 4.79. The van der Waals surface area contributed by atoms with E-state index in [9.17, 15) is 0 Å². The summed E-state index contributed by atoms with van der Waals surface area (Å²) in [6.07, 6.45) is 3.72. The highest BCUT2D eigenvalue weighted by atomic mass is 15.2. The van der Waals surface area contributed by atoms with Gasteiger partial charge >= 0.3 is 0 Å². The lowest BCUT2D eigenvalue weighted by atomic mass is 10.2. The lowest BCUT2D eigenvalue weighted by Crippen LogP contribution is -2.53. The molecule has 1 aromatic heterocycles. The molecule has 1 unspecified atom stereocenters. The summed E-state index contributed by atoms with van der Waals surface area (Å²) in [7, 11) is 4.40. The molecule has 0 aromatic carbocycles. The van der Waals surface area contributed by atoms with Crippen LogP contribution in [-0.2, 0) is 6.54 Å². The van der Waals surface area contributed by atoms with Crippen molar-refractivity contribution in [3.8, 4) is 0 Å². The van der Waals surface area contributed by atoms with Crippen molar-refractivity contribution in [2.24, 2.45) is 0 Å². The van der Waals surface area contributed by atoms with E-state index in [0.29, 0.717) is 6.04 Å². The van der Waals surface area contributed by atoms with Gasteiger partial charge in [0.25, 0.3) is 0 Å². The predicted octanol–water partition coefficient (Wildman–Crippen LogP) is 0.417. The maximum Gasteiger partial charge on any atom is 0.0345 e. The summed E-state index contributed by atoms with van der Waals surface area (Å²) in [6.45, 7) is 5.45. The molecule has 0 amide bonds. The van der Waals surface area contributed by atoms with Crippen LogP contribution >= 0.6 is 0 Å². The molecule has 1 fully saturated rings. The van der Waals surface area contributed by atoms with Crippen LogP contribution in [0.2, 0.25) is 0 Å². The highest BCUT2D eigenvalue weighted by molar-refractivity contribution is 5.09. The normalized spacial score (nSPS) is 21.9.